The number of aromatic nitrogens is 1. The van der Waals surface area contributed by atoms with Crippen molar-refractivity contribution >= 4 is 17.6 Å². The van der Waals surface area contributed by atoms with Gasteiger partial charge in [-0.1, -0.05) is 6.07 Å². The number of carbonyl (C=O) groups is 2. The number of pyridine rings is 1. The van der Waals surface area contributed by atoms with E-state index in [1.54, 1.807) is 24.4 Å². The number of nitrogens with zero attached hydrogens (tertiary/aromatic N) is 2. The molecular formula is C11H13N3O3. The minimum atomic E-state index is -0.661. The first-order valence-corrected chi connectivity index (χ1v) is 5.36. The molecule has 1 N–H and O–H groups in total. The predicted molar refractivity (Wildman–Crippen MR) is 60.3 cm³/mol. The lowest BCUT2D eigenvalue weighted by molar-refractivity contribution is -0.145. The molecule has 0 radical (unpaired) electrons. The number of carbonyl (C=O) groups excluding carboxylic acids is 2. The summed E-state index contributed by atoms with van der Waals surface area (Å²) in [5, 5.41) is 2.46. The minimum absolute atomic E-state index is 0.374. The van der Waals surface area contributed by atoms with E-state index in [1.165, 1.54) is 4.90 Å². The first-order chi connectivity index (χ1) is 8.27. The third kappa shape index (κ3) is 3.01. The van der Waals surface area contributed by atoms with Crippen LogP contribution in [0.2, 0.25) is 0 Å². The number of anilines is 1. The Morgan fingerprint density at radius 3 is 2.71 bits per heavy atom. The van der Waals surface area contributed by atoms with Crippen LogP contribution >= 0.6 is 0 Å². The largest absolute Gasteiger partial charge is 0.378 e. The molecular weight excluding hydrogens is 222 g/mol. The highest BCUT2D eigenvalue weighted by molar-refractivity contribution is 6.39. The Bertz CT molecular complexity index is 402. The van der Waals surface area contributed by atoms with Crippen LogP contribution in [-0.4, -0.2) is 48.0 Å². The third-order valence-corrected chi connectivity index (χ3v) is 2.40. The molecule has 1 saturated heterocycles. The van der Waals surface area contributed by atoms with E-state index in [0.717, 1.165) is 0 Å². The van der Waals surface area contributed by atoms with E-state index in [1.807, 2.05) is 0 Å². The summed E-state index contributed by atoms with van der Waals surface area (Å²) in [6, 6.07) is 5.10. The minimum Gasteiger partial charge on any atom is -0.378 e. The molecule has 1 aliphatic heterocycles. The Morgan fingerprint density at radius 1 is 1.29 bits per heavy atom. The van der Waals surface area contributed by atoms with Gasteiger partial charge in [-0.3, -0.25) is 9.59 Å². The van der Waals surface area contributed by atoms with Crippen molar-refractivity contribution in [2.75, 3.05) is 31.6 Å². The molecule has 2 heterocycles. The second-order valence-corrected chi connectivity index (χ2v) is 3.57. The Hall–Kier alpha value is -1.95. The van der Waals surface area contributed by atoms with Gasteiger partial charge in [0.05, 0.1) is 13.2 Å². The summed E-state index contributed by atoms with van der Waals surface area (Å²) in [6.45, 7) is 1.86. The van der Waals surface area contributed by atoms with Crippen molar-refractivity contribution in [1.29, 1.82) is 0 Å². The van der Waals surface area contributed by atoms with Crippen molar-refractivity contribution in [1.82, 2.24) is 9.88 Å². The van der Waals surface area contributed by atoms with Crippen LogP contribution < -0.4 is 5.32 Å². The summed E-state index contributed by atoms with van der Waals surface area (Å²) in [5.74, 6) is -0.830. The van der Waals surface area contributed by atoms with Gasteiger partial charge in [-0.05, 0) is 12.1 Å². The lowest BCUT2D eigenvalue weighted by Crippen LogP contribution is -2.45. The van der Waals surface area contributed by atoms with Gasteiger partial charge in [-0.15, -0.1) is 0 Å². The zero-order valence-corrected chi connectivity index (χ0v) is 9.26. The van der Waals surface area contributed by atoms with E-state index in [-0.39, 0.29) is 0 Å². The first-order valence-electron chi connectivity index (χ1n) is 5.36. The van der Waals surface area contributed by atoms with Gasteiger partial charge >= 0.3 is 11.8 Å². The number of ether oxygens (including phenoxy) is 1. The molecule has 0 spiro atoms. The molecule has 17 heavy (non-hydrogen) atoms. The van der Waals surface area contributed by atoms with Crippen LogP contribution in [0.4, 0.5) is 5.82 Å². The quantitative estimate of drug-likeness (QED) is 0.689. The summed E-state index contributed by atoms with van der Waals surface area (Å²) < 4.78 is 5.11. The standard InChI is InChI=1S/C11H13N3O3/c15-10(13-9-3-1-2-4-12-9)11(16)14-5-7-17-8-6-14/h1-4H,5-8H2,(H,12,13,15). The van der Waals surface area contributed by atoms with Gasteiger partial charge in [0.15, 0.2) is 0 Å². The molecule has 0 saturated carbocycles. The SMILES string of the molecule is O=C(Nc1ccccn1)C(=O)N1CCOCC1. The van der Waals surface area contributed by atoms with E-state index >= 15 is 0 Å². The van der Waals surface area contributed by atoms with Gasteiger partial charge in [0.2, 0.25) is 0 Å². The van der Waals surface area contributed by atoms with E-state index in [4.69, 9.17) is 4.74 Å². The zero-order chi connectivity index (χ0) is 12.1. The molecule has 2 amide bonds. The molecule has 2 rings (SSSR count). The highest BCUT2D eigenvalue weighted by Gasteiger charge is 2.23. The number of rotatable bonds is 1. The lowest BCUT2D eigenvalue weighted by atomic mass is 10.3. The Morgan fingerprint density at radius 2 is 2.06 bits per heavy atom. The molecule has 0 aromatic carbocycles. The first kappa shape index (κ1) is 11.5. The third-order valence-electron chi connectivity index (χ3n) is 2.40. The van der Waals surface area contributed by atoms with E-state index in [9.17, 15) is 9.59 Å². The number of nitrogens with one attached hydrogen (secondary N) is 1. The average molecular weight is 235 g/mol. The molecule has 90 valence electrons. The van der Waals surface area contributed by atoms with Gasteiger partial charge in [0.25, 0.3) is 0 Å². The summed E-state index contributed by atoms with van der Waals surface area (Å²) >= 11 is 0. The predicted octanol–water partition coefficient (Wildman–Crippen LogP) is -0.121. The average Bonchev–Trinajstić information content (AvgIpc) is 2.40. The smallest absolute Gasteiger partial charge is 0.315 e. The van der Waals surface area contributed by atoms with Crippen LogP contribution in [0, 0.1) is 0 Å². The molecule has 0 aliphatic carbocycles. The van der Waals surface area contributed by atoms with Crippen molar-refractivity contribution in [3.63, 3.8) is 0 Å². The van der Waals surface area contributed by atoms with Crippen LogP contribution in [-0.2, 0) is 14.3 Å². The molecule has 0 bridgehead atoms. The van der Waals surface area contributed by atoms with E-state index in [2.05, 4.69) is 10.3 Å². The fraction of sp³-hybridized carbons (Fsp3) is 0.364. The second kappa shape index (κ2) is 5.40. The van der Waals surface area contributed by atoms with E-state index < -0.39 is 11.8 Å². The van der Waals surface area contributed by atoms with E-state index in [0.29, 0.717) is 32.1 Å². The molecule has 6 heteroatoms. The highest BCUT2D eigenvalue weighted by atomic mass is 16.5. The molecule has 0 atom stereocenters. The van der Waals surface area contributed by atoms with Gasteiger partial charge < -0.3 is 15.0 Å². The maximum absolute atomic E-state index is 11.7. The summed E-state index contributed by atoms with van der Waals surface area (Å²) in [6.07, 6.45) is 1.55. The highest BCUT2D eigenvalue weighted by Crippen LogP contribution is 2.02. The molecule has 1 fully saturated rings. The van der Waals surface area contributed by atoms with Gasteiger partial charge in [0.1, 0.15) is 5.82 Å². The fourth-order valence-electron chi connectivity index (χ4n) is 1.52. The number of hydrogen-bond acceptors (Lipinski definition) is 4. The van der Waals surface area contributed by atoms with Crippen molar-refractivity contribution < 1.29 is 14.3 Å². The van der Waals surface area contributed by atoms with Crippen LogP contribution in [0.5, 0.6) is 0 Å². The summed E-state index contributed by atoms with van der Waals surface area (Å²) in [7, 11) is 0. The van der Waals surface area contributed by atoms with Crippen LogP contribution in [0.1, 0.15) is 0 Å². The maximum Gasteiger partial charge on any atom is 0.315 e. The molecule has 1 aliphatic rings. The van der Waals surface area contributed by atoms with Gasteiger partial charge in [0, 0.05) is 19.3 Å². The Labute approximate surface area is 98.6 Å². The van der Waals surface area contributed by atoms with Gasteiger partial charge in [-0.25, -0.2) is 4.98 Å². The van der Waals surface area contributed by atoms with Crippen LogP contribution in [0.25, 0.3) is 0 Å². The van der Waals surface area contributed by atoms with Crippen molar-refractivity contribution in [2.24, 2.45) is 0 Å². The molecule has 1 aromatic heterocycles. The topological polar surface area (TPSA) is 71.5 Å². The fourth-order valence-corrected chi connectivity index (χ4v) is 1.52. The molecule has 0 unspecified atom stereocenters. The van der Waals surface area contributed by atoms with Crippen molar-refractivity contribution in [3.8, 4) is 0 Å². The van der Waals surface area contributed by atoms with Gasteiger partial charge in [-0.2, -0.15) is 0 Å². The van der Waals surface area contributed by atoms with Crippen LogP contribution in [0.15, 0.2) is 24.4 Å². The number of morpholine rings is 1. The Kier molecular flexibility index (Phi) is 3.66. The zero-order valence-electron chi connectivity index (χ0n) is 9.26. The summed E-state index contributed by atoms with van der Waals surface area (Å²) in [5.41, 5.74) is 0. The normalized spacial score (nSPS) is 15.4. The monoisotopic (exact) mass is 235 g/mol. The molecule has 6 nitrogen and oxygen atoms in total. The van der Waals surface area contributed by atoms with Crippen LogP contribution in [0.3, 0.4) is 0 Å². The summed E-state index contributed by atoms with van der Waals surface area (Å²) in [4.78, 5) is 28.8. The number of amides is 2. The maximum atomic E-state index is 11.7. The van der Waals surface area contributed by atoms with Crippen molar-refractivity contribution in [2.45, 2.75) is 0 Å². The lowest BCUT2D eigenvalue weighted by Gasteiger charge is -2.25. The number of hydrogen-bond donors (Lipinski definition) is 1. The Balaban J connectivity index is 1.93. The van der Waals surface area contributed by atoms with Crippen molar-refractivity contribution in [3.05, 3.63) is 24.4 Å². The molecule has 1 aromatic rings. The second-order valence-electron chi connectivity index (χ2n) is 3.57.